The van der Waals surface area contributed by atoms with Gasteiger partial charge in [0.25, 0.3) is 5.91 Å². The molecule has 2 rings (SSSR count). The van der Waals surface area contributed by atoms with E-state index in [9.17, 15) is 9.59 Å². The van der Waals surface area contributed by atoms with Gasteiger partial charge in [-0.2, -0.15) is 0 Å². The van der Waals surface area contributed by atoms with E-state index in [1.165, 1.54) is 11.3 Å². The highest BCUT2D eigenvalue weighted by atomic mass is 32.1. The Hall–Kier alpha value is -2.14. The number of carbonyl (C=O) groups is 2. The van der Waals surface area contributed by atoms with E-state index in [1.807, 2.05) is 57.3 Å². The molecular weight excluding hydrogens is 308 g/mol. The van der Waals surface area contributed by atoms with Gasteiger partial charge in [-0.05, 0) is 48.4 Å². The van der Waals surface area contributed by atoms with Crippen LogP contribution in [0.1, 0.15) is 34.6 Å². The number of rotatable bonds is 5. The molecule has 0 aliphatic carbocycles. The normalized spacial score (nSPS) is 12.0. The Balaban J connectivity index is 2.12. The molecule has 0 saturated heterocycles. The van der Waals surface area contributed by atoms with Crippen LogP contribution in [0.15, 0.2) is 35.7 Å². The van der Waals surface area contributed by atoms with Gasteiger partial charge in [0.15, 0.2) is 0 Å². The first-order chi connectivity index (χ1) is 10.9. The molecule has 2 amide bonds. The summed E-state index contributed by atoms with van der Waals surface area (Å²) in [4.78, 5) is 25.4. The fourth-order valence-electron chi connectivity index (χ4n) is 2.24. The second kappa shape index (κ2) is 7.42. The van der Waals surface area contributed by atoms with Crippen molar-refractivity contribution in [3.63, 3.8) is 0 Å². The third-order valence-corrected chi connectivity index (χ3v) is 4.50. The Bertz CT molecular complexity index is 693. The maximum atomic E-state index is 12.6. The van der Waals surface area contributed by atoms with E-state index >= 15 is 0 Å². The lowest BCUT2D eigenvalue weighted by Gasteiger charge is -2.22. The Kier molecular flexibility index (Phi) is 5.55. The van der Waals surface area contributed by atoms with E-state index in [0.717, 1.165) is 16.8 Å². The summed E-state index contributed by atoms with van der Waals surface area (Å²) in [6.45, 7) is 7.77. The largest absolute Gasteiger partial charge is 0.339 e. The zero-order valence-corrected chi connectivity index (χ0v) is 14.7. The Morgan fingerprint density at radius 1 is 1.13 bits per heavy atom. The number of thiophene rings is 1. The molecule has 0 fully saturated rings. The minimum Gasteiger partial charge on any atom is -0.339 e. The third kappa shape index (κ3) is 4.42. The van der Waals surface area contributed by atoms with Gasteiger partial charge in [0.2, 0.25) is 5.91 Å². The topological polar surface area (TPSA) is 58.2 Å². The van der Waals surface area contributed by atoms with Gasteiger partial charge in [-0.1, -0.05) is 32.0 Å². The van der Waals surface area contributed by atoms with Crippen LogP contribution in [0.2, 0.25) is 0 Å². The molecule has 0 bridgehead atoms. The van der Waals surface area contributed by atoms with E-state index < -0.39 is 6.04 Å². The number of amides is 2. The SMILES string of the molecule is Cc1ccc(C)c(NC(=O)[C@H](NC(=O)c2cccs2)C(C)C)c1. The highest BCUT2D eigenvalue weighted by molar-refractivity contribution is 7.12. The van der Waals surface area contributed by atoms with Crippen molar-refractivity contribution < 1.29 is 9.59 Å². The summed E-state index contributed by atoms with van der Waals surface area (Å²) in [5.41, 5.74) is 2.86. The van der Waals surface area contributed by atoms with Crippen LogP contribution in [0.3, 0.4) is 0 Å². The quantitative estimate of drug-likeness (QED) is 0.877. The predicted octanol–water partition coefficient (Wildman–Crippen LogP) is 3.76. The molecule has 4 nitrogen and oxygen atoms in total. The molecule has 0 aliphatic heterocycles. The summed E-state index contributed by atoms with van der Waals surface area (Å²) in [7, 11) is 0. The molecule has 2 aromatic rings. The zero-order valence-electron chi connectivity index (χ0n) is 13.8. The predicted molar refractivity (Wildman–Crippen MR) is 95.0 cm³/mol. The molecule has 1 aromatic carbocycles. The lowest BCUT2D eigenvalue weighted by atomic mass is 10.0. The van der Waals surface area contributed by atoms with Crippen molar-refractivity contribution in [1.82, 2.24) is 5.32 Å². The van der Waals surface area contributed by atoms with Crippen molar-refractivity contribution >= 4 is 28.8 Å². The number of benzene rings is 1. The first-order valence-corrected chi connectivity index (χ1v) is 8.49. The lowest BCUT2D eigenvalue weighted by molar-refractivity contribution is -0.118. The minimum atomic E-state index is -0.579. The molecule has 1 heterocycles. The standard InChI is InChI=1S/C18H22N2O2S/c1-11(2)16(20-17(21)15-6-5-9-23-15)18(22)19-14-10-12(3)7-8-13(14)4/h5-11,16H,1-4H3,(H,19,22)(H,20,21)/t16-/m1/s1. The van der Waals surface area contributed by atoms with Crippen molar-refractivity contribution in [3.8, 4) is 0 Å². The van der Waals surface area contributed by atoms with Crippen LogP contribution in [0.25, 0.3) is 0 Å². The number of anilines is 1. The van der Waals surface area contributed by atoms with Crippen molar-refractivity contribution in [3.05, 3.63) is 51.7 Å². The number of hydrogen-bond donors (Lipinski definition) is 2. The molecule has 5 heteroatoms. The fraction of sp³-hybridized carbons (Fsp3) is 0.333. The average Bonchev–Trinajstić information content (AvgIpc) is 3.02. The van der Waals surface area contributed by atoms with E-state index in [-0.39, 0.29) is 17.7 Å². The average molecular weight is 330 g/mol. The Morgan fingerprint density at radius 3 is 2.48 bits per heavy atom. The molecule has 0 radical (unpaired) electrons. The van der Waals surface area contributed by atoms with Gasteiger partial charge >= 0.3 is 0 Å². The summed E-state index contributed by atoms with van der Waals surface area (Å²) >= 11 is 1.36. The van der Waals surface area contributed by atoms with Gasteiger partial charge < -0.3 is 10.6 Å². The molecule has 23 heavy (non-hydrogen) atoms. The van der Waals surface area contributed by atoms with Crippen LogP contribution in [0, 0.1) is 19.8 Å². The molecule has 1 aromatic heterocycles. The lowest BCUT2D eigenvalue weighted by Crippen LogP contribution is -2.47. The van der Waals surface area contributed by atoms with Gasteiger partial charge in [0.05, 0.1) is 4.88 Å². The van der Waals surface area contributed by atoms with Gasteiger partial charge in [-0.3, -0.25) is 9.59 Å². The van der Waals surface area contributed by atoms with E-state index in [1.54, 1.807) is 6.07 Å². The van der Waals surface area contributed by atoms with Crippen LogP contribution in [-0.4, -0.2) is 17.9 Å². The van der Waals surface area contributed by atoms with Crippen molar-refractivity contribution in [2.75, 3.05) is 5.32 Å². The number of carbonyl (C=O) groups excluding carboxylic acids is 2. The molecule has 122 valence electrons. The first-order valence-electron chi connectivity index (χ1n) is 7.61. The van der Waals surface area contributed by atoms with Crippen molar-refractivity contribution in [1.29, 1.82) is 0 Å². The Labute approximate surface area is 140 Å². The smallest absolute Gasteiger partial charge is 0.262 e. The molecular formula is C18H22N2O2S. The molecule has 0 spiro atoms. The minimum absolute atomic E-state index is 0.0102. The van der Waals surface area contributed by atoms with Gasteiger partial charge in [0, 0.05) is 5.69 Å². The van der Waals surface area contributed by atoms with Crippen LogP contribution in [0.4, 0.5) is 5.69 Å². The van der Waals surface area contributed by atoms with Gasteiger partial charge in [-0.15, -0.1) is 11.3 Å². The second-order valence-electron chi connectivity index (χ2n) is 5.98. The number of aryl methyl sites for hydroxylation is 2. The molecule has 2 N–H and O–H groups in total. The van der Waals surface area contributed by atoms with Crippen LogP contribution in [-0.2, 0) is 4.79 Å². The molecule has 0 saturated carbocycles. The summed E-state index contributed by atoms with van der Waals surface area (Å²) < 4.78 is 0. The fourth-order valence-corrected chi connectivity index (χ4v) is 2.86. The van der Waals surface area contributed by atoms with Crippen molar-refractivity contribution in [2.45, 2.75) is 33.7 Å². The van der Waals surface area contributed by atoms with Gasteiger partial charge in [-0.25, -0.2) is 0 Å². The molecule has 0 aliphatic rings. The summed E-state index contributed by atoms with van der Waals surface area (Å²) in [6, 6.07) is 8.90. The monoisotopic (exact) mass is 330 g/mol. The summed E-state index contributed by atoms with van der Waals surface area (Å²) in [6.07, 6.45) is 0. The van der Waals surface area contributed by atoms with Crippen LogP contribution < -0.4 is 10.6 Å². The number of hydrogen-bond acceptors (Lipinski definition) is 3. The molecule has 0 unspecified atom stereocenters. The van der Waals surface area contributed by atoms with E-state index in [2.05, 4.69) is 10.6 Å². The van der Waals surface area contributed by atoms with E-state index in [0.29, 0.717) is 4.88 Å². The van der Waals surface area contributed by atoms with Gasteiger partial charge in [0.1, 0.15) is 6.04 Å². The van der Waals surface area contributed by atoms with Crippen molar-refractivity contribution in [2.24, 2.45) is 5.92 Å². The van der Waals surface area contributed by atoms with Crippen LogP contribution in [0.5, 0.6) is 0 Å². The third-order valence-electron chi connectivity index (χ3n) is 3.63. The maximum absolute atomic E-state index is 12.6. The second-order valence-corrected chi connectivity index (χ2v) is 6.93. The molecule has 1 atom stereocenters. The summed E-state index contributed by atoms with van der Waals surface area (Å²) in [5, 5.41) is 7.61. The summed E-state index contributed by atoms with van der Waals surface area (Å²) in [5.74, 6) is -0.419. The number of nitrogens with one attached hydrogen (secondary N) is 2. The first kappa shape index (κ1) is 17.2. The Morgan fingerprint density at radius 2 is 1.87 bits per heavy atom. The maximum Gasteiger partial charge on any atom is 0.262 e. The highest BCUT2D eigenvalue weighted by Gasteiger charge is 2.25. The zero-order chi connectivity index (χ0) is 17.0. The van der Waals surface area contributed by atoms with E-state index in [4.69, 9.17) is 0 Å². The van der Waals surface area contributed by atoms with Crippen LogP contribution >= 0.6 is 11.3 Å². The highest BCUT2D eigenvalue weighted by Crippen LogP contribution is 2.18.